The van der Waals surface area contributed by atoms with Crippen LogP contribution in [0, 0.1) is 5.92 Å². The topological polar surface area (TPSA) is 35.1 Å². The van der Waals surface area contributed by atoms with Crippen molar-refractivity contribution in [2.75, 3.05) is 12.8 Å². The van der Waals surface area contributed by atoms with Crippen molar-refractivity contribution in [2.45, 2.75) is 13.8 Å². The highest BCUT2D eigenvalue weighted by atomic mass is 32.2. The Hall–Kier alpha value is 0.270. The third-order valence-corrected chi connectivity index (χ3v) is 2.14. The molecule has 0 spiro atoms. The van der Waals surface area contributed by atoms with Crippen molar-refractivity contribution in [3.05, 3.63) is 0 Å². The van der Waals surface area contributed by atoms with Gasteiger partial charge in [-0.1, -0.05) is 13.8 Å². The fraction of sp³-hybridized carbons (Fsp3) is 1.00. The first-order chi connectivity index (χ1) is 3.66. The third kappa shape index (κ3) is 4.43. The highest BCUT2D eigenvalue weighted by molar-refractivity contribution is 7.89. The minimum Gasteiger partial charge on any atom is -0.598 e. The first kappa shape index (κ1) is 8.27. The van der Waals surface area contributed by atoms with E-state index in [9.17, 15) is 4.55 Å². The summed E-state index contributed by atoms with van der Waals surface area (Å²) in [7, 11) is 1.71. The van der Waals surface area contributed by atoms with Crippen molar-refractivity contribution in [2.24, 2.45) is 5.92 Å². The Morgan fingerprint density at radius 3 is 2.25 bits per heavy atom. The van der Waals surface area contributed by atoms with Crippen molar-refractivity contribution < 1.29 is 4.55 Å². The van der Waals surface area contributed by atoms with Gasteiger partial charge in [0.1, 0.15) is 5.75 Å². The molecule has 0 amide bonds. The van der Waals surface area contributed by atoms with Gasteiger partial charge in [-0.3, -0.25) is 0 Å². The summed E-state index contributed by atoms with van der Waals surface area (Å²) in [5.41, 5.74) is 0. The van der Waals surface area contributed by atoms with E-state index in [1.165, 1.54) is 0 Å². The zero-order valence-electron chi connectivity index (χ0n) is 5.60. The van der Waals surface area contributed by atoms with Crippen LogP contribution in [0.15, 0.2) is 0 Å². The third-order valence-electron chi connectivity index (χ3n) is 0.712. The molecule has 1 unspecified atom stereocenters. The van der Waals surface area contributed by atoms with Gasteiger partial charge in [0.25, 0.3) is 0 Å². The van der Waals surface area contributed by atoms with E-state index in [-0.39, 0.29) is 0 Å². The second-order valence-electron chi connectivity index (χ2n) is 2.11. The molecule has 0 aromatic rings. The van der Waals surface area contributed by atoms with Gasteiger partial charge in [-0.25, -0.2) is 0 Å². The van der Waals surface area contributed by atoms with Gasteiger partial charge >= 0.3 is 0 Å². The first-order valence-corrected chi connectivity index (χ1v) is 4.04. The van der Waals surface area contributed by atoms with Crippen LogP contribution in [0.4, 0.5) is 0 Å². The van der Waals surface area contributed by atoms with Crippen molar-refractivity contribution in [3.63, 3.8) is 0 Å². The van der Waals surface area contributed by atoms with E-state index < -0.39 is 11.4 Å². The van der Waals surface area contributed by atoms with Gasteiger partial charge in [-0.15, -0.1) is 4.72 Å². The molecular weight excluding hydrogens is 122 g/mol. The van der Waals surface area contributed by atoms with Gasteiger partial charge in [-0.2, -0.15) is 0 Å². The van der Waals surface area contributed by atoms with Gasteiger partial charge in [0.15, 0.2) is 0 Å². The molecule has 0 radical (unpaired) electrons. The molecule has 0 aliphatic heterocycles. The standard InChI is InChI=1S/C5H13NOS/c1-5(2)4-8(7)6-3/h5-6H,4H2,1-3H3. The summed E-state index contributed by atoms with van der Waals surface area (Å²) in [5, 5.41) is 0. The largest absolute Gasteiger partial charge is 0.598 e. The Bertz CT molecular complexity index is 58.4. The van der Waals surface area contributed by atoms with Crippen LogP contribution in [0.2, 0.25) is 0 Å². The molecule has 0 bridgehead atoms. The van der Waals surface area contributed by atoms with Crippen LogP contribution in [0.5, 0.6) is 0 Å². The lowest BCUT2D eigenvalue weighted by Crippen LogP contribution is -2.24. The van der Waals surface area contributed by atoms with Crippen LogP contribution in [0.1, 0.15) is 13.8 Å². The Labute approximate surface area is 54.0 Å². The molecule has 0 rings (SSSR count). The number of nitrogens with one attached hydrogen (secondary N) is 1. The highest BCUT2D eigenvalue weighted by Gasteiger charge is 2.04. The molecule has 0 fully saturated rings. The van der Waals surface area contributed by atoms with Crippen LogP contribution < -0.4 is 4.72 Å². The van der Waals surface area contributed by atoms with E-state index in [0.717, 1.165) is 5.75 Å². The summed E-state index contributed by atoms with van der Waals surface area (Å²) in [5.74, 6) is 1.26. The Kier molecular flexibility index (Phi) is 4.32. The zero-order chi connectivity index (χ0) is 6.57. The first-order valence-electron chi connectivity index (χ1n) is 2.72. The van der Waals surface area contributed by atoms with Crippen LogP contribution >= 0.6 is 0 Å². The summed E-state index contributed by atoms with van der Waals surface area (Å²) in [4.78, 5) is 0. The van der Waals surface area contributed by atoms with E-state index >= 15 is 0 Å². The summed E-state index contributed by atoms with van der Waals surface area (Å²) >= 11 is -0.807. The molecule has 1 N–H and O–H groups in total. The molecule has 0 aromatic carbocycles. The Morgan fingerprint density at radius 1 is 1.62 bits per heavy atom. The van der Waals surface area contributed by atoms with Crippen molar-refractivity contribution in [3.8, 4) is 0 Å². The van der Waals surface area contributed by atoms with E-state index in [0.29, 0.717) is 5.92 Å². The van der Waals surface area contributed by atoms with Crippen LogP contribution in [0.25, 0.3) is 0 Å². The molecule has 50 valence electrons. The summed E-state index contributed by atoms with van der Waals surface area (Å²) in [6.45, 7) is 4.10. The molecule has 3 heteroatoms. The van der Waals surface area contributed by atoms with Crippen LogP contribution in [0.3, 0.4) is 0 Å². The van der Waals surface area contributed by atoms with Crippen molar-refractivity contribution >= 4 is 11.4 Å². The highest BCUT2D eigenvalue weighted by Crippen LogP contribution is 1.95. The minimum atomic E-state index is -0.807. The van der Waals surface area contributed by atoms with Crippen molar-refractivity contribution in [1.29, 1.82) is 0 Å². The number of hydrogen-bond donors (Lipinski definition) is 1. The second-order valence-corrected chi connectivity index (χ2v) is 3.54. The molecule has 0 aliphatic rings. The van der Waals surface area contributed by atoms with E-state index in [4.69, 9.17) is 0 Å². The normalized spacial score (nSPS) is 14.6. The minimum absolute atomic E-state index is 0.517. The maximum absolute atomic E-state index is 10.6. The molecule has 1 atom stereocenters. The molecule has 0 aromatic heterocycles. The summed E-state index contributed by atoms with van der Waals surface area (Å²) in [6, 6.07) is 0. The predicted octanol–water partition coefficient (Wildman–Crippen LogP) is 0.525. The average Bonchev–Trinajstić information content (AvgIpc) is 1.65. The number of rotatable bonds is 3. The quantitative estimate of drug-likeness (QED) is 0.573. The van der Waals surface area contributed by atoms with Crippen molar-refractivity contribution in [1.82, 2.24) is 4.72 Å². The lowest BCUT2D eigenvalue weighted by molar-refractivity contribution is 0.573. The molecule has 0 heterocycles. The zero-order valence-corrected chi connectivity index (χ0v) is 6.42. The lowest BCUT2D eigenvalue weighted by atomic mass is 10.3. The Balaban J connectivity index is 3.10. The molecule has 2 nitrogen and oxygen atoms in total. The smallest absolute Gasteiger partial charge is 0.127 e. The fourth-order valence-corrected chi connectivity index (χ4v) is 1.16. The number of hydrogen-bond acceptors (Lipinski definition) is 2. The van der Waals surface area contributed by atoms with Gasteiger partial charge < -0.3 is 4.55 Å². The molecule has 8 heavy (non-hydrogen) atoms. The monoisotopic (exact) mass is 135 g/mol. The maximum atomic E-state index is 10.6. The fourth-order valence-electron chi connectivity index (χ4n) is 0.386. The molecule has 0 saturated heterocycles. The summed E-state index contributed by atoms with van der Waals surface area (Å²) in [6.07, 6.45) is 0. The lowest BCUT2D eigenvalue weighted by Gasteiger charge is -2.08. The van der Waals surface area contributed by atoms with E-state index in [2.05, 4.69) is 18.6 Å². The van der Waals surface area contributed by atoms with E-state index in [1.54, 1.807) is 7.05 Å². The SMILES string of the molecule is CN[S+]([O-])CC(C)C. The van der Waals surface area contributed by atoms with E-state index in [1.807, 2.05) is 0 Å². The molecule has 0 aliphatic carbocycles. The molecule has 0 saturated carbocycles. The van der Waals surface area contributed by atoms with Crippen LogP contribution in [-0.4, -0.2) is 17.4 Å². The van der Waals surface area contributed by atoms with Crippen LogP contribution in [-0.2, 0) is 11.4 Å². The van der Waals surface area contributed by atoms with Gasteiger partial charge in [0, 0.05) is 18.4 Å². The second kappa shape index (κ2) is 4.18. The van der Waals surface area contributed by atoms with Gasteiger partial charge in [-0.05, 0) is 5.92 Å². The Morgan fingerprint density at radius 2 is 2.12 bits per heavy atom. The molecular formula is C5H13NOS. The predicted molar refractivity (Wildman–Crippen MR) is 36.9 cm³/mol. The summed E-state index contributed by atoms with van der Waals surface area (Å²) < 4.78 is 13.3. The average molecular weight is 135 g/mol. The maximum Gasteiger partial charge on any atom is 0.127 e. The van der Waals surface area contributed by atoms with Gasteiger partial charge in [0.2, 0.25) is 0 Å². The van der Waals surface area contributed by atoms with Gasteiger partial charge in [0.05, 0.1) is 0 Å².